The van der Waals surface area contributed by atoms with Gasteiger partial charge in [-0.25, -0.2) is 0 Å². The van der Waals surface area contributed by atoms with E-state index in [1.54, 1.807) is 0 Å². The second-order valence-electron chi connectivity index (χ2n) is 6.99. The van der Waals surface area contributed by atoms with Crippen LogP contribution in [0, 0.1) is 0 Å². The Bertz CT molecular complexity index is 479. The van der Waals surface area contributed by atoms with Crippen molar-refractivity contribution in [1.82, 2.24) is 4.98 Å². The summed E-state index contributed by atoms with van der Waals surface area (Å²) in [6.07, 6.45) is 4.01. The molecule has 0 radical (unpaired) electrons. The molecule has 2 fully saturated rings. The van der Waals surface area contributed by atoms with Crippen molar-refractivity contribution >= 4 is 12.6 Å². The molecule has 0 amide bonds. The standard InChI is InChI=1S/C16H24BNO3/c1-15(2)16(3,4)21-17(20-15)13-5-6-14(18-11-13)12-7-9-19-10-8-12/h5-6,11-12H,7-10H2,1-4H3. The van der Waals surface area contributed by atoms with Gasteiger partial charge in [0.15, 0.2) is 0 Å². The first-order chi connectivity index (χ1) is 9.89. The van der Waals surface area contributed by atoms with Crippen molar-refractivity contribution in [2.24, 2.45) is 0 Å². The molecule has 3 heterocycles. The van der Waals surface area contributed by atoms with E-state index in [9.17, 15) is 0 Å². The molecule has 0 unspecified atom stereocenters. The molecule has 2 saturated heterocycles. The van der Waals surface area contributed by atoms with Gasteiger partial charge in [0.2, 0.25) is 0 Å². The lowest BCUT2D eigenvalue weighted by molar-refractivity contribution is 0.00578. The van der Waals surface area contributed by atoms with Gasteiger partial charge in [0.05, 0.1) is 11.2 Å². The van der Waals surface area contributed by atoms with Crippen molar-refractivity contribution in [3.05, 3.63) is 24.0 Å². The molecular weight excluding hydrogens is 265 g/mol. The van der Waals surface area contributed by atoms with Crippen LogP contribution in [0.3, 0.4) is 0 Å². The van der Waals surface area contributed by atoms with Crippen LogP contribution in [0.15, 0.2) is 18.3 Å². The van der Waals surface area contributed by atoms with Gasteiger partial charge in [-0.15, -0.1) is 0 Å². The Labute approximate surface area is 127 Å². The molecule has 0 saturated carbocycles. The van der Waals surface area contributed by atoms with Crippen LogP contribution in [-0.4, -0.2) is 36.5 Å². The maximum absolute atomic E-state index is 6.05. The molecule has 0 aliphatic carbocycles. The third-order valence-corrected chi connectivity index (χ3v) is 4.97. The van der Waals surface area contributed by atoms with Crippen molar-refractivity contribution < 1.29 is 14.0 Å². The Morgan fingerprint density at radius 1 is 1.05 bits per heavy atom. The van der Waals surface area contributed by atoms with Crippen molar-refractivity contribution in [2.75, 3.05) is 13.2 Å². The van der Waals surface area contributed by atoms with Gasteiger partial charge in [0.1, 0.15) is 0 Å². The highest BCUT2D eigenvalue weighted by molar-refractivity contribution is 6.62. The monoisotopic (exact) mass is 289 g/mol. The van der Waals surface area contributed by atoms with Crippen LogP contribution in [0.4, 0.5) is 0 Å². The molecule has 2 aliphatic rings. The molecule has 3 rings (SSSR count). The second kappa shape index (κ2) is 5.38. The quantitative estimate of drug-likeness (QED) is 0.783. The smallest absolute Gasteiger partial charge is 0.399 e. The summed E-state index contributed by atoms with van der Waals surface area (Å²) in [7, 11) is -0.328. The van der Waals surface area contributed by atoms with Gasteiger partial charge >= 0.3 is 7.12 Å². The SMILES string of the molecule is CC1(C)OB(c2ccc(C3CCOCC3)nc2)OC1(C)C. The fourth-order valence-electron chi connectivity index (χ4n) is 2.77. The summed E-state index contributed by atoms with van der Waals surface area (Å²) in [6.45, 7) is 9.94. The number of ether oxygens (including phenoxy) is 1. The van der Waals surface area contributed by atoms with Gasteiger partial charge in [-0.3, -0.25) is 4.98 Å². The molecule has 1 aromatic heterocycles. The van der Waals surface area contributed by atoms with Gasteiger partial charge in [0.25, 0.3) is 0 Å². The van der Waals surface area contributed by atoms with Crippen LogP contribution in [0.5, 0.6) is 0 Å². The van der Waals surface area contributed by atoms with Crippen LogP contribution in [0.1, 0.15) is 52.1 Å². The fraction of sp³-hybridized carbons (Fsp3) is 0.688. The van der Waals surface area contributed by atoms with Gasteiger partial charge in [-0.1, -0.05) is 6.07 Å². The lowest BCUT2D eigenvalue weighted by Crippen LogP contribution is -2.41. The van der Waals surface area contributed by atoms with E-state index in [-0.39, 0.29) is 18.3 Å². The zero-order chi connectivity index (χ0) is 15.1. The zero-order valence-corrected chi connectivity index (χ0v) is 13.4. The maximum Gasteiger partial charge on any atom is 0.496 e. The summed E-state index contributed by atoms with van der Waals surface area (Å²) in [5, 5.41) is 0. The highest BCUT2D eigenvalue weighted by Gasteiger charge is 2.51. The molecule has 114 valence electrons. The fourth-order valence-corrected chi connectivity index (χ4v) is 2.77. The minimum absolute atomic E-state index is 0.308. The first-order valence-electron chi connectivity index (χ1n) is 7.78. The molecule has 0 atom stereocenters. The Balaban J connectivity index is 1.73. The Hall–Kier alpha value is -0.905. The molecule has 5 heteroatoms. The van der Waals surface area contributed by atoms with Crippen LogP contribution in [0.2, 0.25) is 0 Å². The Kier molecular flexibility index (Phi) is 3.84. The van der Waals surface area contributed by atoms with E-state index in [0.29, 0.717) is 5.92 Å². The maximum atomic E-state index is 6.05. The molecule has 2 aliphatic heterocycles. The largest absolute Gasteiger partial charge is 0.496 e. The number of pyridine rings is 1. The minimum Gasteiger partial charge on any atom is -0.399 e. The van der Waals surface area contributed by atoms with Gasteiger partial charge in [0, 0.05) is 36.5 Å². The summed E-state index contributed by atoms with van der Waals surface area (Å²) in [6, 6.07) is 4.19. The first kappa shape index (κ1) is 15.0. The Morgan fingerprint density at radius 2 is 1.67 bits per heavy atom. The third kappa shape index (κ3) is 2.87. The van der Waals surface area contributed by atoms with E-state index in [4.69, 9.17) is 14.0 Å². The summed E-state index contributed by atoms with van der Waals surface area (Å²) >= 11 is 0. The van der Waals surface area contributed by atoms with Gasteiger partial charge in [-0.2, -0.15) is 0 Å². The van der Waals surface area contributed by atoms with Crippen LogP contribution >= 0.6 is 0 Å². The predicted molar refractivity (Wildman–Crippen MR) is 82.7 cm³/mol. The zero-order valence-electron chi connectivity index (χ0n) is 13.4. The number of hydrogen-bond donors (Lipinski definition) is 0. The lowest BCUT2D eigenvalue weighted by atomic mass is 9.80. The summed E-state index contributed by atoms with van der Waals surface area (Å²) in [5.74, 6) is 0.520. The van der Waals surface area contributed by atoms with E-state index in [1.165, 1.54) is 0 Å². The van der Waals surface area contributed by atoms with Crippen molar-refractivity contribution in [3.8, 4) is 0 Å². The van der Waals surface area contributed by atoms with Crippen LogP contribution in [0.25, 0.3) is 0 Å². The summed E-state index contributed by atoms with van der Waals surface area (Å²) in [5.41, 5.74) is 1.52. The highest BCUT2D eigenvalue weighted by Crippen LogP contribution is 2.36. The molecule has 4 nitrogen and oxygen atoms in total. The summed E-state index contributed by atoms with van der Waals surface area (Å²) in [4.78, 5) is 4.63. The van der Waals surface area contributed by atoms with Crippen molar-refractivity contribution in [1.29, 1.82) is 0 Å². The van der Waals surface area contributed by atoms with Crippen molar-refractivity contribution in [3.63, 3.8) is 0 Å². The highest BCUT2D eigenvalue weighted by atomic mass is 16.7. The van der Waals surface area contributed by atoms with E-state index in [2.05, 4.69) is 44.8 Å². The van der Waals surface area contributed by atoms with Crippen LogP contribution in [-0.2, 0) is 14.0 Å². The molecule has 1 aromatic rings. The summed E-state index contributed by atoms with van der Waals surface area (Å²) < 4.78 is 17.5. The van der Waals surface area contributed by atoms with E-state index in [0.717, 1.165) is 37.2 Å². The van der Waals surface area contributed by atoms with E-state index < -0.39 is 0 Å². The molecular formula is C16H24BNO3. The molecule has 0 bridgehead atoms. The number of hydrogen-bond acceptors (Lipinski definition) is 4. The number of rotatable bonds is 2. The lowest BCUT2D eigenvalue weighted by Gasteiger charge is -2.32. The predicted octanol–water partition coefficient (Wildman–Crippen LogP) is 2.27. The first-order valence-corrected chi connectivity index (χ1v) is 7.78. The van der Waals surface area contributed by atoms with Gasteiger partial charge < -0.3 is 14.0 Å². The topological polar surface area (TPSA) is 40.6 Å². The molecule has 0 spiro atoms. The minimum atomic E-state index is -0.328. The normalized spacial score (nSPS) is 25.2. The van der Waals surface area contributed by atoms with Crippen LogP contribution < -0.4 is 5.46 Å². The number of aromatic nitrogens is 1. The molecule has 0 aromatic carbocycles. The van der Waals surface area contributed by atoms with Gasteiger partial charge in [-0.05, 0) is 46.6 Å². The van der Waals surface area contributed by atoms with E-state index in [1.807, 2.05) is 6.20 Å². The number of nitrogens with zero attached hydrogens (tertiary/aromatic N) is 1. The van der Waals surface area contributed by atoms with E-state index >= 15 is 0 Å². The Morgan fingerprint density at radius 3 is 2.19 bits per heavy atom. The van der Waals surface area contributed by atoms with Crippen molar-refractivity contribution in [2.45, 2.75) is 57.7 Å². The third-order valence-electron chi connectivity index (χ3n) is 4.97. The average molecular weight is 289 g/mol. The second-order valence-corrected chi connectivity index (χ2v) is 6.99. The molecule has 0 N–H and O–H groups in total. The average Bonchev–Trinajstić information content (AvgIpc) is 2.69. The molecule has 21 heavy (non-hydrogen) atoms.